The van der Waals surface area contributed by atoms with Gasteiger partial charge in [0.25, 0.3) is 0 Å². The number of fused-ring (bicyclic) bond motifs is 1. The van der Waals surface area contributed by atoms with Crippen LogP contribution in [0.15, 0.2) is 23.2 Å². The topological polar surface area (TPSA) is 38.7 Å². The molecule has 2 rings (SSSR count). The molecule has 1 unspecified atom stereocenters. The molecule has 0 bridgehead atoms. The first-order valence-corrected chi connectivity index (χ1v) is 6.46. The first-order chi connectivity index (χ1) is 8.67. The number of hydrogen-bond acceptors (Lipinski definition) is 4. The van der Waals surface area contributed by atoms with E-state index in [0.29, 0.717) is 11.5 Å². The number of carbonyl (C=O) groups is 1. The minimum Gasteiger partial charge on any atom is -0.465 e. The summed E-state index contributed by atoms with van der Waals surface area (Å²) in [7, 11) is 0. The third kappa shape index (κ3) is 2.34. The van der Waals surface area contributed by atoms with Gasteiger partial charge in [-0.1, -0.05) is 25.2 Å². The number of rotatable bonds is 3. The average Bonchev–Trinajstić information content (AvgIpc) is 2.39. The lowest BCUT2D eigenvalue weighted by Gasteiger charge is -2.19. The molecule has 1 aromatic rings. The summed E-state index contributed by atoms with van der Waals surface area (Å²) in [6.07, 6.45) is 2.51. The van der Waals surface area contributed by atoms with Crippen molar-refractivity contribution in [1.82, 2.24) is 0 Å². The zero-order chi connectivity index (χ0) is 13.1. The zero-order valence-electron chi connectivity index (χ0n) is 10.5. The predicted molar refractivity (Wildman–Crippen MR) is 75.8 cm³/mol. The molecular weight excluding hydrogens is 246 g/mol. The number of thiocarbonyl (C=S) groups is 1. The van der Waals surface area contributed by atoms with Crippen LogP contribution in [0.1, 0.15) is 25.0 Å². The van der Waals surface area contributed by atoms with Crippen LogP contribution in [0.2, 0.25) is 0 Å². The molecule has 1 atom stereocenters. The van der Waals surface area contributed by atoms with E-state index in [2.05, 4.69) is 11.9 Å². The second kappa shape index (κ2) is 5.40. The van der Waals surface area contributed by atoms with Gasteiger partial charge in [0, 0.05) is 16.6 Å². The maximum absolute atomic E-state index is 11.8. The van der Waals surface area contributed by atoms with Gasteiger partial charge < -0.3 is 4.74 Å². The second-order valence-electron chi connectivity index (χ2n) is 4.08. The third-order valence-corrected chi connectivity index (χ3v) is 3.39. The number of hydrogen-bond donors (Lipinski definition) is 0. The normalized spacial score (nSPS) is 17.4. The van der Waals surface area contributed by atoms with E-state index in [4.69, 9.17) is 17.0 Å². The van der Waals surface area contributed by atoms with Gasteiger partial charge in [0.1, 0.15) is 5.92 Å². The first kappa shape index (κ1) is 12.9. The van der Waals surface area contributed by atoms with Crippen LogP contribution < -0.4 is 0 Å². The number of aryl methyl sites for hydroxylation is 1. The lowest BCUT2D eigenvalue weighted by molar-refractivity contribution is -0.143. The van der Waals surface area contributed by atoms with E-state index in [-0.39, 0.29) is 5.97 Å². The van der Waals surface area contributed by atoms with Crippen molar-refractivity contribution in [3.8, 4) is 0 Å². The quantitative estimate of drug-likeness (QED) is 0.620. The van der Waals surface area contributed by atoms with Crippen LogP contribution >= 0.6 is 12.2 Å². The van der Waals surface area contributed by atoms with Crippen molar-refractivity contribution in [3.63, 3.8) is 0 Å². The molecule has 0 spiro atoms. The zero-order valence-corrected chi connectivity index (χ0v) is 11.3. The minimum absolute atomic E-state index is 0.321. The fourth-order valence-corrected chi connectivity index (χ4v) is 2.22. The van der Waals surface area contributed by atoms with E-state index in [1.807, 2.05) is 18.2 Å². The standard InChI is InChI=1S/C14H15NO2S/c1-3-9-5-6-12-10(7-9)13(18)11(8-15-12)14(16)17-4-2/h5-8,11H,3-4H2,1-2H3. The van der Waals surface area contributed by atoms with E-state index >= 15 is 0 Å². The van der Waals surface area contributed by atoms with Crippen LogP contribution in [0.5, 0.6) is 0 Å². The Balaban J connectivity index is 2.34. The van der Waals surface area contributed by atoms with Gasteiger partial charge in [0.2, 0.25) is 0 Å². The van der Waals surface area contributed by atoms with E-state index < -0.39 is 5.92 Å². The second-order valence-corrected chi connectivity index (χ2v) is 4.52. The average molecular weight is 261 g/mol. The highest BCUT2D eigenvalue weighted by molar-refractivity contribution is 7.81. The fourth-order valence-electron chi connectivity index (χ4n) is 1.90. The van der Waals surface area contributed by atoms with Crippen molar-refractivity contribution in [2.24, 2.45) is 10.9 Å². The van der Waals surface area contributed by atoms with Gasteiger partial charge >= 0.3 is 5.97 Å². The number of ether oxygens (including phenoxy) is 1. The number of carbonyl (C=O) groups excluding carboxylic acids is 1. The van der Waals surface area contributed by atoms with Gasteiger partial charge in [0.05, 0.1) is 12.3 Å². The summed E-state index contributed by atoms with van der Waals surface area (Å²) in [5.74, 6) is -0.849. The summed E-state index contributed by atoms with van der Waals surface area (Å²) in [5, 5.41) is 0. The maximum Gasteiger partial charge on any atom is 0.319 e. The summed E-state index contributed by atoms with van der Waals surface area (Å²) in [6, 6.07) is 5.99. The molecular formula is C14H15NO2S. The molecule has 1 aliphatic rings. The van der Waals surface area contributed by atoms with Crippen LogP contribution in [0.3, 0.4) is 0 Å². The minimum atomic E-state index is -0.528. The van der Waals surface area contributed by atoms with E-state index in [1.54, 1.807) is 13.1 Å². The van der Waals surface area contributed by atoms with E-state index in [1.165, 1.54) is 5.56 Å². The monoisotopic (exact) mass is 261 g/mol. The first-order valence-electron chi connectivity index (χ1n) is 6.05. The van der Waals surface area contributed by atoms with Crippen LogP contribution in [0, 0.1) is 5.92 Å². The van der Waals surface area contributed by atoms with Gasteiger partial charge in [-0.3, -0.25) is 9.79 Å². The highest BCUT2D eigenvalue weighted by Gasteiger charge is 2.28. The van der Waals surface area contributed by atoms with Crippen molar-refractivity contribution in [2.45, 2.75) is 20.3 Å². The Hall–Kier alpha value is -1.55. The van der Waals surface area contributed by atoms with Gasteiger partial charge in [-0.2, -0.15) is 0 Å². The molecule has 4 heteroatoms. The Labute approximate surface area is 112 Å². The van der Waals surface area contributed by atoms with Crippen LogP contribution in [-0.2, 0) is 16.0 Å². The summed E-state index contributed by atoms with van der Waals surface area (Å²) >= 11 is 5.39. The van der Waals surface area contributed by atoms with Crippen molar-refractivity contribution < 1.29 is 9.53 Å². The molecule has 0 saturated carbocycles. The molecule has 1 aliphatic heterocycles. The van der Waals surface area contributed by atoms with Crippen LogP contribution in [-0.4, -0.2) is 23.7 Å². The number of esters is 1. The molecule has 94 valence electrons. The highest BCUT2D eigenvalue weighted by atomic mass is 32.1. The molecule has 0 amide bonds. The van der Waals surface area contributed by atoms with Gasteiger partial charge in [-0.15, -0.1) is 0 Å². The third-order valence-electron chi connectivity index (χ3n) is 2.92. The summed E-state index contributed by atoms with van der Waals surface area (Å²) in [6.45, 7) is 4.22. The molecule has 18 heavy (non-hydrogen) atoms. The van der Waals surface area contributed by atoms with Gasteiger partial charge in [-0.05, 0) is 31.0 Å². The lowest BCUT2D eigenvalue weighted by atomic mass is 9.94. The molecule has 1 heterocycles. The summed E-state index contributed by atoms with van der Waals surface area (Å²) in [4.78, 5) is 16.7. The summed E-state index contributed by atoms with van der Waals surface area (Å²) < 4.78 is 5.01. The van der Waals surface area contributed by atoms with Crippen molar-refractivity contribution >= 4 is 35.0 Å². The maximum atomic E-state index is 11.8. The lowest BCUT2D eigenvalue weighted by Crippen LogP contribution is -2.29. The molecule has 0 aromatic heterocycles. The van der Waals surface area contributed by atoms with Crippen LogP contribution in [0.4, 0.5) is 5.69 Å². The highest BCUT2D eigenvalue weighted by Crippen LogP contribution is 2.28. The summed E-state index contributed by atoms with van der Waals surface area (Å²) in [5.41, 5.74) is 2.90. The Morgan fingerprint density at radius 2 is 2.22 bits per heavy atom. The molecule has 0 fully saturated rings. The molecule has 1 aromatic carbocycles. The Bertz CT molecular complexity index is 523. The van der Waals surface area contributed by atoms with E-state index in [0.717, 1.165) is 17.7 Å². The smallest absolute Gasteiger partial charge is 0.319 e. The Morgan fingerprint density at radius 3 is 2.89 bits per heavy atom. The predicted octanol–water partition coefficient (Wildman–Crippen LogP) is 2.86. The van der Waals surface area contributed by atoms with Crippen molar-refractivity contribution in [2.75, 3.05) is 6.61 Å². The SMILES string of the molecule is CCOC(=O)C1C=Nc2ccc(CC)cc2C1=S. The molecule has 0 radical (unpaired) electrons. The van der Waals surface area contributed by atoms with Gasteiger partial charge in [-0.25, -0.2) is 0 Å². The fraction of sp³-hybridized carbons (Fsp3) is 0.357. The van der Waals surface area contributed by atoms with Crippen molar-refractivity contribution in [1.29, 1.82) is 0 Å². The number of nitrogens with zero attached hydrogens (tertiary/aromatic N) is 1. The number of benzene rings is 1. The van der Waals surface area contributed by atoms with Gasteiger partial charge in [0.15, 0.2) is 0 Å². The molecule has 3 nitrogen and oxygen atoms in total. The van der Waals surface area contributed by atoms with Crippen LogP contribution in [0.25, 0.3) is 0 Å². The molecule has 0 saturated heterocycles. The van der Waals surface area contributed by atoms with Crippen molar-refractivity contribution in [3.05, 3.63) is 29.3 Å². The van der Waals surface area contributed by atoms with E-state index in [9.17, 15) is 4.79 Å². The molecule has 0 N–H and O–H groups in total. The molecule has 0 aliphatic carbocycles. The largest absolute Gasteiger partial charge is 0.465 e. The Kier molecular flexibility index (Phi) is 3.87. The number of aliphatic imine (C=N–C) groups is 1. The Morgan fingerprint density at radius 1 is 1.44 bits per heavy atom.